The molecule has 10 heteroatoms. The summed E-state index contributed by atoms with van der Waals surface area (Å²) in [5, 5.41) is 6.69. The second-order valence-electron chi connectivity index (χ2n) is 11.5. The Hall–Kier alpha value is -3.73. The maximum Gasteiger partial charge on any atom is 0.222 e. The van der Waals surface area contributed by atoms with Crippen molar-refractivity contribution in [3.05, 3.63) is 60.2 Å². The number of benzene rings is 2. The number of fused-ring (bicyclic) bond motifs is 1. The van der Waals surface area contributed by atoms with Gasteiger partial charge in [0.1, 0.15) is 5.75 Å². The fraction of sp³-hybridized carbons (Fsp3) is 0.406. The number of hydrazone groups is 1. The van der Waals surface area contributed by atoms with Gasteiger partial charge in [-0.05, 0) is 43.7 Å². The molecule has 0 bridgehead atoms. The van der Waals surface area contributed by atoms with Gasteiger partial charge in [-0.15, -0.1) is 11.3 Å². The molecule has 2 saturated heterocycles. The largest absolute Gasteiger partial charge is 0.496 e. The average molecular weight is 583 g/mol. The molecule has 0 radical (unpaired) electrons. The molecule has 5 heterocycles. The van der Waals surface area contributed by atoms with Gasteiger partial charge < -0.3 is 20.3 Å². The molecule has 0 amide bonds. The highest BCUT2D eigenvalue weighted by Crippen LogP contribution is 2.44. The highest BCUT2D eigenvalue weighted by Gasteiger charge is 2.29. The number of aromatic nitrogens is 2. The zero-order valence-electron chi connectivity index (χ0n) is 24.3. The number of methoxy groups -OCH3 is 1. The monoisotopic (exact) mass is 582 g/mol. The number of nitrogens with zero attached hydrogens (tertiary/aromatic N) is 7. The molecule has 2 N–H and O–H groups in total. The van der Waals surface area contributed by atoms with Crippen molar-refractivity contribution in [2.24, 2.45) is 5.10 Å². The van der Waals surface area contributed by atoms with Gasteiger partial charge in [-0.2, -0.15) is 10.1 Å². The molecule has 0 saturated carbocycles. The zero-order chi connectivity index (χ0) is 28.6. The number of likely N-dealkylation sites (N-methyl/N-ethyl adjacent to an activating group) is 1. The molecule has 0 spiro atoms. The number of thiophene rings is 1. The Balaban J connectivity index is 1.14. The Morgan fingerprint density at radius 3 is 2.48 bits per heavy atom. The van der Waals surface area contributed by atoms with Crippen LogP contribution in [0.15, 0.2) is 59.7 Å². The lowest BCUT2D eigenvalue weighted by atomic mass is 10.0. The quantitative estimate of drug-likeness (QED) is 0.336. The summed E-state index contributed by atoms with van der Waals surface area (Å²) in [6, 6.07) is 19.9. The van der Waals surface area contributed by atoms with E-state index in [4.69, 9.17) is 15.6 Å². The van der Waals surface area contributed by atoms with E-state index < -0.39 is 0 Å². The molecule has 3 aliphatic rings. The van der Waals surface area contributed by atoms with Gasteiger partial charge in [0.25, 0.3) is 0 Å². The highest BCUT2D eigenvalue weighted by atomic mass is 32.1. The van der Waals surface area contributed by atoms with Crippen molar-refractivity contribution in [1.29, 1.82) is 0 Å². The Morgan fingerprint density at radius 2 is 1.71 bits per heavy atom. The van der Waals surface area contributed by atoms with E-state index in [9.17, 15) is 0 Å². The van der Waals surface area contributed by atoms with Crippen LogP contribution in [-0.2, 0) is 0 Å². The first-order valence-electron chi connectivity index (χ1n) is 14.9. The molecule has 42 heavy (non-hydrogen) atoms. The van der Waals surface area contributed by atoms with Gasteiger partial charge in [0, 0.05) is 80.1 Å². The maximum absolute atomic E-state index is 6.21. The number of nitrogens with two attached hydrogens (primary N) is 1. The van der Waals surface area contributed by atoms with E-state index in [2.05, 4.69) is 80.2 Å². The smallest absolute Gasteiger partial charge is 0.222 e. The first-order chi connectivity index (χ1) is 20.6. The molecule has 2 fully saturated rings. The van der Waals surface area contributed by atoms with Gasteiger partial charge in [0.15, 0.2) is 5.82 Å². The molecular formula is C32H38N8OS. The van der Waals surface area contributed by atoms with Gasteiger partial charge in [-0.1, -0.05) is 30.3 Å². The summed E-state index contributed by atoms with van der Waals surface area (Å²) in [4.78, 5) is 18.0. The number of hydrogen-bond acceptors (Lipinski definition) is 10. The van der Waals surface area contributed by atoms with E-state index >= 15 is 0 Å². The molecule has 1 atom stereocenters. The average Bonchev–Trinajstić information content (AvgIpc) is 3.69. The summed E-state index contributed by atoms with van der Waals surface area (Å²) in [5.41, 5.74) is 10.5. The van der Waals surface area contributed by atoms with Crippen LogP contribution in [-0.4, -0.2) is 85.5 Å². The summed E-state index contributed by atoms with van der Waals surface area (Å²) >= 11 is 1.66. The number of piperazine rings is 1. The first-order valence-corrected chi connectivity index (χ1v) is 15.7. The van der Waals surface area contributed by atoms with Crippen molar-refractivity contribution in [3.8, 4) is 16.2 Å². The van der Waals surface area contributed by atoms with Crippen LogP contribution in [0.2, 0.25) is 0 Å². The Labute approximate surface area is 251 Å². The van der Waals surface area contributed by atoms with E-state index in [0.29, 0.717) is 6.04 Å². The van der Waals surface area contributed by atoms with Crippen molar-refractivity contribution in [2.75, 3.05) is 69.1 Å². The molecule has 2 aromatic carbocycles. The molecule has 9 nitrogen and oxygen atoms in total. The lowest BCUT2D eigenvalue weighted by Crippen LogP contribution is -2.52. The number of hydrogen-bond donors (Lipinski definition) is 1. The third-order valence-corrected chi connectivity index (χ3v) is 10.1. The second-order valence-corrected chi connectivity index (χ2v) is 12.5. The summed E-state index contributed by atoms with van der Waals surface area (Å²) in [6.45, 7) is 6.87. The van der Waals surface area contributed by atoms with Crippen LogP contribution in [0.25, 0.3) is 20.7 Å². The Kier molecular flexibility index (Phi) is 7.43. The van der Waals surface area contributed by atoms with Crippen LogP contribution in [0.3, 0.4) is 0 Å². The second kappa shape index (κ2) is 11.5. The highest BCUT2D eigenvalue weighted by molar-refractivity contribution is 7.22. The van der Waals surface area contributed by atoms with Crippen molar-refractivity contribution < 1.29 is 4.74 Å². The standard InChI is InChI=1S/C32H38N8OS/c1-37-16-18-39(19-17-37)23-11-14-38(15-12-23)24-8-9-25(28(20-24)41-2)29-21-26-30(42-29)31(36-32(33)35-26)40-27(10-13-34-40)22-6-4-3-5-7-22/h3-9,13,20-21,23,27H,10-12,14-19H2,1-2H3,(H2,33,35,36). The summed E-state index contributed by atoms with van der Waals surface area (Å²) < 4.78 is 6.92. The molecule has 0 aliphatic carbocycles. The number of nitrogen functional groups attached to an aromatic ring is 1. The predicted molar refractivity (Wildman–Crippen MR) is 173 cm³/mol. The molecule has 1 unspecified atom stereocenters. The molecule has 2 aromatic heterocycles. The molecule has 218 valence electrons. The van der Waals surface area contributed by atoms with E-state index in [1.807, 2.05) is 17.3 Å². The minimum absolute atomic E-state index is 0.0727. The fourth-order valence-corrected chi connectivity index (χ4v) is 7.66. The predicted octanol–water partition coefficient (Wildman–Crippen LogP) is 5.10. The van der Waals surface area contributed by atoms with Gasteiger partial charge in [0.05, 0.1) is 23.4 Å². The van der Waals surface area contributed by atoms with Crippen molar-refractivity contribution in [3.63, 3.8) is 0 Å². The first kappa shape index (κ1) is 27.1. The van der Waals surface area contributed by atoms with Crippen LogP contribution in [0.5, 0.6) is 5.75 Å². The van der Waals surface area contributed by atoms with E-state index in [1.165, 1.54) is 50.3 Å². The normalized spacial score (nSPS) is 20.6. The van der Waals surface area contributed by atoms with Crippen LogP contribution >= 0.6 is 11.3 Å². The van der Waals surface area contributed by atoms with Gasteiger partial charge in [-0.25, -0.2) is 9.99 Å². The molecule has 7 rings (SSSR count). The van der Waals surface area contributed by atoms with E-state index in [1.54, 1.807) is 18.4 Å². The summed E-state index contributed by atoms with van der Waals surface area (Å²) in [5.74, 6) is 1.86. The minimum atomic E-state index is 0.0727. The van der Waals surface area contributed by atoms with Crippen molar-refractivity contribution in [1.82, 2.24) is 19.8 Å². The minimum Gasteiger partial charge on any atom is -0.496 e. The molecular weight excluding hydrogens is 544 g/mol. The van der Waals surface area contributed by atoms with Crippen molar-refractivity contribution in [2.45, 2.75) is 31.3 Å². The van der Waals surface area contributed by atoms with E-state index in [-0.39, 0.29) is 12.0 Å². The topological polar surface area (TPSA) is 86.3 Å². The third kappa shape index (κ3) is 5.19. The van der Waals surface area contributed by atoms with Crippen LogP contribution in [0, 0.1) is 0 Å². The fourth-order valence-electron chi connectivity index (χ4n) is 6.55. The number of rotatable bonds is 6. The van der Waals surface area contributed by atoms with Gasteiger partial charge >= 0.3 is 0 Å². The van der Waals surface area contributed by atoms with Crippen molar-refractivity contribution >= 4 is 45.2 Å². The Morgan fingerprint density at radius 1 is 0.929 bits per heavy atom. The molecule has 4 aromatic rings. The number of ether oxygens (including phenoxy) is 1. The summed E-state index contributed by atoms with van der Waals surface area (Å²) in [6.07, 6.45) is 5.17. The van der Waals surface area contributed by atoms with Crippen LogP contribution in [0.1, 0.15) is 30.9 Å². The summed E-state index contributed by atoms with van der Waals surface area (Å²) in [7, 11) is 3.98. The maximum atomic E-state index is 6.21. The van der Waals surface area contributed by atoms with Crippen LogP contribution in [0.4, 0.5) is 17.5 Å². The van der Waals surface area contributed by atoms with Gasteiger partial charge in [0.2, 0.25) is 5.95 Å². The van der Waals surface area contributed by atoms with Gasteiger partial charge in [-0.3, -0.25) is 4.90 Å². The number of piperidine rings is 1. The van der Waals surface area contributed by atoms with Crippen LogP contribution < -0.4 is 20.4 Å². The Bertz CT molecular complexity index is 1570. The molecule has 3 aliphatic heterocycles. The SMILES string of the molecule is COc1cc(N2CCC(N3CCN(C)CC3)CC2)ccc1-c1cc2nc(N)nc(N3N=CCC3c3ccccc3)c2s1. The zero-order valence-corrected chi connectivity index (χ0v) is 25.1. The third-order valence-electron chi connectivity index (χ3n) is 8.94. The van der Waals surface area contributed by atoms with E-state index in [0.717, 1.165) is 51.7 Å². The lowest BCUT2D eigenvalue weighted by molar-refractivity contribution is 0.0982. The number of anilines is 3. The lowest BCUT2D eigenvalue weighted by Gasteiger charge is -2.42.